The van der Waals surface area contributed by atoms with Gasteiger partial charge >= 0.3 is 0 Å². The van der Waals surface area contributed by atoms with Crippen LogP contribution in [0.25, 0.3) is 0 Å². The SMILES string of the molecule is C[C@H](c1ccc(Cl)cc1Cl)N(C)C(=O)[C@@H]1Cc2ccccc2O1. The minimum absolute atomic E-state index is 0.0558. The van der Waals surface area contributed by atoms with Gasteiger partial charge in [-0.25, -0.2) is 0 Å². The molecule has 0 saturated heterocycles. The van der Waals surface area contributed by atoms with Crippen LogP contribution in [0.4, 0.5) is 0 Å². The zero-order valence-electron chi connectivity index (χ0n) is 12.9. The summed E-state index contributed by atoms with van der Waals surface area (Å²) >= 11 is 12.2. The standard InChI is InChI=1S/C18H17Cl2NO2/c1-11(14-8-7-13(19)10-15(14)20)21(2)18(22)17-9-12-5-3-4-6-16(12)23-17/h3-8,10-11,17H,9H2,1-2H3/t11-,17+/m1/s1. The van der Waals surface area contributed by atoms with Gasteiger partial charge in [-0.05, 0) is 36.2 Å². The quantitative estimate of drug-likeness (QED) is 0.815. The Bertz CT molecular complexity index is 723. The average molecular weight is 350 g/mol. The van der Waals surface area contributed by atoms with Crippen LogP contribution in [0.1, 0.15) is 24.1 Å². The summed E-state index contributed by atoms with van der Waals surface area (Å²) in [6.07, 6.45) is 0.117. The fourth-order valence-electron chi connectivity index (χ4n) is 2.79. The number of rotatable bonds is 3. The zero-order valence-corrected chi connectivity index (χ0v) is 14.4. The Kier molecular flexibility index (Phi) is 4.51. The predicted molar refractivity (Wildman–Crippen MR) is 92.2 cm³/mol. The number of hydrogen-bond acceptors (Lipinski definition) is 2. The normalized spacial score (nSPS) is 17.3. The lowest BCUT2D eigenvalue weighted by molar-refractivity contribution is -0.138. The fourth-order valence-corrected chi connectivity index (χ4v) is 3.35. The molecule has 0 saturated carbocycles. The first-order valence-electron chi connectivity index (χ1n) is 7.43. The van der Waals surface area contributed by atoms with Gasteiger partial charge in [0.05, 0.1) is 6.04 Å². The molecule has 2 atom stereocenters. The molecule has 120 valence electrons. The Morgan fingerprint density at radius 1 is 1.26 bits per heavy atom. The van der Waals surface area contributed by atoms with Gasteiger partial charge in [-0.3, -0.25) is 4.79 Å². The summed E-state index contributed by atoms with van der Waals surface area (Å²) < 4.78 is 5.78. The molecule has 0 spiro atoms. The van der Waals surface area contributed by atoms with E-state index in [1.165, 1.54) is 0 Å². The fraction of sp³-hybridized carbons (Fsp3) is 0.278. The highest BCUT2D eigenvalue weighted by Crippen LogP contribution is 2.32. The minimum Gasteiger partial charge on any atom is -0.480 e. The van der Waals surface area contributed by atoms with Gasteiger partial charge in [0.1, 0.15) is 5.75 Å². The number of halogens is 2. The molecule has 0 N–H and O–H groups in total. The molecular formula is C18H17Cl2NO2. The van der Waals surface area contributed by atoms with Crippen molar-refractivity contribution < 1.29 is 9.53 Å². The number of para-hydroxylation sites is 1. The van der Waals surface area contributed by atoms with E-state index in [-0.39, 0.29) is 11.9 Å². The van der Waals surface area contributed by atoms with Gasteiger partial charge in [-0.15, -0.1) is 0 Å². The molecule has 0 radical (unpaired) electrons. The highest BCUT2D eigenvalue weighted by molar-refractivity contribution is 6.35. The van der Waals surface area contributed by atoms with E-state index in [9.17, 15) is 4.79 Å². The van der Waals surface area contributed by atoms with Crippen LogP contribution in [0.15, 0.2) is 42.5 Å². The molecule has 1 heterocycles. The minimum atomic E-state index is -0.481. The molecule has 0 fully saturated rings. The van der Waals surface area contributed by atoms with Crippen molar-refractivity contribution in [2.45, 2.75) is 25.5 Å². The Morgan fingerprint density at radius 2 is 2.00 bits per heavy atom. The van der Waals surface area contributed by atoms with Gasteiger partial charge in [0.15, 0.2) is 6.10 Å². The number of hydrogen-bond donors (Lipinski definition) is 0. The first-order valence-corrected chi connectivity index (χ1v) is 8.19. The predicted octanol–water partition coefficient (Wildman–Crippen LogP) is 4.52. The molecule has 0 aliphatic carbocycles. The molecule has 0 bridgehead atoms. The van der Waals surface area contributed by atoms with E-state index < -0.39 is 6.10 Å². The molecule has 5 heteroatoms. The van der Waals surface area contributed by atoms with Crippen LogP contribution in [0.2, 0.25) is 10.0 Å². The second kappa shape index (κ2) is 6.42. The van der Waals surface area contributed by atoms with Crippen molar-refractivity contribution in [1.29, 1.82) is 0 Å². The number of amides is 1. The van der Waals surface area contributed by atoms with Crippen molar-refractivity contribution in [3.63, 3.8) is 0 Å². The van der Waals surface area contributed by atoms with Crippen LogP contribution in [0.5, 0.6) is 5.75 Å². The summed E-state index contributed by atoms with van der Waals surface area (Å²) in [6.45, 7) is 1.94. The first-order chi connectivity index (χ1) is 11.0. The number of nitrogens with zero attached hydrogens (tertiary/aromatic N) is 1. The molecule has 3 rings (SSSR count). The molecule has 23 heavy (non-hydrogen) atoms. The molecule has 3 nitrogen and oxygen atoms in total. The second-order valence-electron chi connectivity index (χ2n) is 5.71. The number of carbonyl (C=O) groups excluding carboxylic acids is 1. The molecule has 2 aromatic rings. The summed E-state index contributed by atoms with van der Waals surface area (Å²) in [6, 6.07) is 12.9. The Hall–Kier alpha value is -1.71. The van der Waals surface area contributed by atoms with Gasteiger partial charge in [0, 0.05) is 23.5 Å². The van der Waals surface area contributed by atoms with Crippen molar-refractivity contribution >= 4 is 29.1 Å². The zero-order chi connectivity index (χ0) is 16.6. The van der Waals surface area contributed by atoms with Crippen molar-refractivity contribution in [1.82, 2.24) is 4.90 Å². The van der Waals surface area contributed by atoms with Gasteiger partial charge < -0.3 is 9.64 Å². The van der Waals surface area contributed by atoms with Gasteiger partial charge in [-0.1, -0.05) is 47.5 Å². The van der Waals surface area contributed by atoms with E-state index in [0.717, 1.165) is 16.9 Å². The number of benzene rings is 2. The molecule has 1 aliphatic rings. The van der Waals surface area contributed by atoms with Crippen molar-refractivity contribution in [2.24, 2.45) is 0 Å². The molecule has 0 unspecified atom stereocenters. The van der Waals surface area contributed by atoms with E-state index >= 15 is 0 Å². The van der Waals surface area contributed by atoms with Crippen molar-refractivity contribution in [2.75, 3.05) is 7.05 Å². The highest BCUT2D eigenvalue weighted by Gasteiger charge is 2.33. The van der Waals surface area contributed by atoms with Crippen molar-refractivity contribution in [3.05, 3.63) is 63.6 Å². The topological polar surface area (TPSA) is 29.5 Å². The summed E-state index contributed by atoms with van der Waals surface area (Å²) in [5, 5.41) is 1.13. The maximum Gasteiger partial charge on any atom is 0.264 e. The number of ether oxygens (including phenoxy) is 1. The largest absolute Gasteiger partial charge is 0.480 e. The van der Waals surface area contributed by atoms with Crippen LogP contribution in [-0.4, -0.2) is 24.0 Å². The van der Waals surface area contributed by atoms with Crippen molar-refractivity contribution in [3.8, 4) is 5.75 Å². The third-order valence-corrected chi connectivity index (χ3v) is 4.83. The van der Waals surface area contributed by atoms with Gasteiger partial charge in [0.25, 0.3) is 5.91 Å². The Morgan fingerprint density at radius 3 is 2.70 bits per heavy atom. The van der Waals surface area contributed by atoms with Crippen LogP contribution >= 0.6 is 23.2 Å². The van der Waals surface area contributed by atoms with E-state index in [0.29, 0.717) is 16.5 Å². The third-order valence-electron chi connectivity index (χ3n) is 4.26. The summed E-state index contributed by atoms with van der Waals surface area (Å²) in [5.74, 6) is 0.733. The van der Waals surface area contributed by atoms with E-state index in [2.05, 4.69) is 0 Å². The molecular weight excluding hydrogens is 333 g/mol. The summed E-state index contributed by atoms with van der Waals surface area (Å²) in [5.41, 5.74) is 1.93. The lowest BCUT2D eigenvalue weighted by Crippen LogP contribution is -2.40. The average Bonchev–Trinajstić information content (AvgIpc) is 2.97. The Balaban J connectivity index is 1.75. The second-order valence-corrected chi connectivity index (χ2v) is 6.55. The van der Waals surface area contributed by atoms with Gasteiger partial charge in [0.2, 0.25) is 0 Å². The number of fused-ring (bicyclic) bond motifs is 1. The van der Waals surface area contributed by atoms with Crippen LogP contribution in [0, 0.1) is 0 Å². The van der Waals surface area contributed by atoms with E-state index in [1.807, 2.05) is 37.3 Å². The number of carbonyl (C=O) groups is 1. The van der Waals surface area contributed by atoms with E-state index in [4.69, 9.17) is 27.9 Å². The monoisotopic (exact) mass is 349 g/mol. The Labute approximate surface area is 145 Å². The van der Waals surface area contributed by atoms with E-state index in [1.54, 1.807) is 24.1 Å². The molecule has 2 aromatic carbocycles. The lowest BCUT2D eigenvalue weighted by Gasteiger charge is -2.28. The van der Waals surface area contributed by atoms with Crippen LogP contribution < -0.4 is 4.74 Å². The molecule has 1 aliphatic heterocycles. The maximum atomic E-state index is 12.7. The van der Waals surface area contributed by atoms with Gasteiger partial charge in [-0.2, -0.15) is 0 Å². The number of likely N-dealkylation sites (N-methyl/N-ethyl adjacent to an activating group) is 1. The summed E-state index contributed by atoms with van der Waals surface area (Å²) in [7, 11) is 1.77. The molecule has 1 amide bonds. The third kappa shape index (κ3) is 3.17. The molecule has 0 aromatic heterocycles. The summed E-state index contributed by atoms with van der Waals surface area (Å²) in [4.78, 5) is 14.4. The highest BCUT2D eigenvalue weighted by atomic mass is 35.5. The van der Waals surface area contributed by atoms with Crippen LogP contribution in [0.3, 0.4) is 0 Å². The van der Waals surface area contributed by atoms with Crippen LogP contribution in [-0.2, 0) is 11.2 Å². The maximum absolute atomic E-state index is 12.7. The smallest absolute Gasteiger partial charge is 0.264 e. The first kappa shape index (κ1) is 16.2. The lowest BCUT2D eigenvalue weighted by atomic mass is 10.1.